The van der Waals surface area contributed by atoms with Gasteiger partial charge in [0.1, 0.15) is 0 Å². The van der Waals surface area contributed by atoms with Crippen LogP contribution in [0.25, 0.3) is 0 Å². The van der Waals surface area contributed by atoms with E-state index in [1.807, 2.05) is 0 Å². The van der Waals surface area contributed by atoms with Crippen molar-refractivity contribution in [1.82, 2.24) is 0 Å². The Morgan fingerprint density at radius 3 is 2.12 bits per heavy atom. The van der Waals surface area contributed by atoms with Crippen molar-refractivity contribution in [2.75, 3.05) is 0 Å². The summed E-state index contributed by atoms with van der Waals surface area (Å²) in [5.74, 6) is 3.01. The maximum Gasteiger partial charge on any atom is -0.0199 e. The summed E-state index contributed by atoms with van der Waals surface area (Å²) in [5.41, 5.74) is 0. The molecule has 0 aromatic rings. The molecule has 3 atom stereocenters. The molecule has 2 aliphatic rings. The summed E-state index contributed by atoms with van der Waals surface area (Å²) in [7, 11) is 0. The fourth-order valence-electron chi connectivity index (χ4n) is 3.77. The first-order chi connectivity index (χ1) is 8.40. The number of hydrogen-bond donors (Lipinski definition) is 0. The van der Waals surface area contributed by atoms with E-state index in [1.54, 1.807) is 0 Å². The van der Waals surface area contributed by atoms with E-state index in [0.717, 1.165) is 17.8 Å². The summed E-state index contributed by atoms with van der Waals surface area (Å²) in [6.45, 7) is 2.30. The molecule has 2 rings (SSSR count). The Hall–Kier alpha value is -0.260. The van der Waals surface area contributed by atoms with Crippen LogP contribution in [0.4, 0.5) is 0 Å². The SMILES string of the molecule is CCCCCCCCCC[C@H]1C[C@@H]2C=C[C@H]1C2. The van der Waals surface area contributed by atoms with Crippen molar-refractivity contribution in [2.45, 2.75) is 77.6 Å². The van der Waals surface area contributed by atoms with Crippen LogP contribution in [0.3, 0.4) is 0 Å². The average molecular weight is 234 g/mol. The second-order valence-electron chi connectivity index (χ2n) is 6.30. The first-order valence-corrected chi connectivity index (χ1v) is 8.08. The van der Waals surface area contributed by atoms with E-state index in [1.165, 1.54) is 70.6 Å². The van der Waals surface area contributed by atoms with Gasteiger partial charge in [-0.25, -0.2) is 0 Å². The Morgan fingerprint density at radius 1 is 0.824 bits per heavy atom. The highest BCUT2D eigenvalue weighted by Gasteiger charge is 2.34. The van der Waals surface area contributed by atoms with Crippen LogP contribution in [0.15, 0.2) is 12.2 Å². The molecule has 2 bridgehead atoms. The predicted molar refractivity (Wildman–Crippen MR) is 76.1 cm³/mol. The highest BCUT2D eigenvalue weighted by atomic mass is 14.4. The van der Waals surface area contributed by atoms with Gasteiger partial charge in [-0.3, -0.25) is 0 Å². The fraction of sp³-hybridized carbons (Fsp3) is 0.882. The maximum atomic E-state index is 2.50. The molecule has 0 aromatic heterocycles. The Labute approximate surface area is 108 Å². The van der Waals surface area contributed by atoms with Gasteiger partial charge in [-0.2, -0.15) is 0 Å². The molecule has 0 radical (unpaired) electrons. The molecule has 1 saturated carbocycles. The van der Waals surface area contributed by atoms with E-state index >= 15 is 0 Å². The quantitative estimate of drug-likeness (QED) is 0.353. The molecule has 0 spiro atoms. The highest BCUT2D eigenvalue weighted by molar-refractivity contribution is 5.09. The van der Waals surface area contributed by atoms with Gasteiger partial charge >= 0.3 is 0 Å². The third-order valence-corrected chi connectivity index (χ3v) is 4.84. The zero-order valence-corrected chi connectivity index (χ0v) is 11.7. The number of allylic oxidation sites excluding steroid dienone is 2. The first-order valence-electron chi connectivity index (χ1n) is 8.08. The Kier molecular flexibility index (Phi) is 5.61. The van der Waals surface area contributed by atoms with Gasteiger partial charge in [-0.1, -0.05) is 70.4 Å². The van der Waals surface area contributed by atoms with Gasteiger partial charge in [0.05, 0.1) is 0 Å². The van der Waals surface area contributed by atoms with Gasteiger partial charge in [0.15, 0.2) is 0 Å². The molecule has 0 heterocycles. The highest BCUT2D eigenvalue weighted by Crippen LogP contribution is 2.45. The lowest BCUT2D eigenvalue weighted by atomic mass is 9.88. The molecule has 0 N–H and O–H groups in total. The zero-order chi connectivity index (χ0) is 11.9. The monoisotopic (exact) mass is 234 g/mol. The van der Waals surface area contributed by atoms with Crippen molar-refractivity contribution in [3.05, 3.63) is 12.2 Å². The van der Waals surface area contributed by atoms with Crippen molar-refractivity contribution in [3.63, 3.8) is 0 Å². The van der Waals surface area contributed by atoms with Gasteiger partial charge in [0, 0.05) is 0 Å². The van der Waals surface area contributed by atoms with Crippen LogP contribution < -0.4 is 0 Å². The molecule has 0 aromatic carbocycles. The molecule has 0 unspecified atom stereocenters. The minimum Gasteiger partial charge on any atom is -0.0851 e. The molecular weight excluding hydrogens is 204 g/mol. The van der Waals surface area contributed by atoms with E-state index in [-0.39, 0.29) is 0 Å². The summed E-state index contributed by atoms with van der Waals surface area (Å²) in [5, 5.41) is 0. The average Bonchev–Trinajstić information content (AvgIpc) is 2.94. The summed E-state index contributed by atoms with van der Waals surface area (Å²) in [6.07, 6.45) is 21.2. The lowest BCUT2D eigenvalue weighted by molar-refractivity contribution is 0.393. The normalized spacial score (nSPS) is 30.3. The number of rotatable bonds is 9. The fourth-order valence-corrected chi connectivity index (χ4v) is 3.77. The van der Waals surface area contributed by atoms with Crippen molar-refractivity contribution < 1.29 is 0 Å². The van der Waals surface area contributed by atoms with E-state index in [0.29, 0.717) is 0 Å². The van der Waals surface area contributed by atoms with Crippen molar-refractivity contribution in [3.8, 4) is 0 Å². The maximum absolute atomic E-state index is 2.50. The second-order valence-corrected chi connectivity index (χ2v) is 6.30. The molecule has 17 heavy (non-hydrogen) atoms. The lowest BCUT2D eigenvalue weighted by Gasteiger charge is -2.17. The van der Waals surface area contributed by atoms with Gasteiger partial charge in [-0.15, -0.1) is 0 Å². The van der Waals surface area contributed by atoms with Gasteiger partial charge in [0.2, 0.25) is 0 Å². The molecule has 1 fully saturated rings. The van der Waals surface area contributed by atoms with E-state index in [9.17, 15) is 0 Å². The largest absolute Gasteiger partial charge is 0.0851 e. The topological polar surface area (TPSA) is 0 Å². The Morgan fingerprint density at radius 2 is 1.53 bits per heavy atom. The van der Waals surface area contributed by atoms with E-state index in [2.05, 4.69) is 19.1 Å². The van der Waals surface area contributed by atoms with Gasteiger partial charge in [0.25, 0.3) is 0 Å². The molecule has 98 valence electrons. The third kappa shape index (κ3) is 4.16. The van der Waals surface area contributed by atoms with E-state index < -0.39 is 0 Å². The van der Waals surface area contributed by atoms with E-state index in [4.69, 9.17) is 0 Å². The summed E-state index contributed by atoms with van der Waals surface area (Å²) in [6, 6.07) is 0. The Balaban J connectivity index is 1.41. The predicted octanol–water partition coefficient (Wildman–Crippen LogP) is 5.73. The summed E-state index contributed by atoms with van der Waals surface area (Å²) < 4.78 is 0. The first kappa shape index (κ1) is 13.2. The van der Waals surface area contributed by atoms with Crippen LogP contribution in [0.5, 0.6) is 0 Å². The second kappa shape index (κ2) is 7.24. The third-order valence-electron chi connectivity index (χ3n) is 4.84. The minimum atomic E-state index is 0.971. The number of hydrogen-bond acceptors (Lipinski definition) is 0. The van der Waals surface area contributed by atoms with Crippen LogP contribution in [-0.2, 0) is 0 Å². The van der Waals surface area contributed by atoms with Crippen LogP contribution >= 0.6 is 0 Å². The smallest absolute Gasteiger partial charge is 0.0199 e. The minimum absolute atomic E-state index is 0.971. The van der Waals surface area contributed by atoms with Gasteiger partial charge in [-0.05, 0) is 37.0 Å². The molecule has 0 amide bonds. The molecule has 0 saturated heterocycles. The molecule has 2 aliphatic carbocycles. The standard InChI is InChI=1S/C17H30/c1-2-3-4-5-6-7-8-9-10-16-13-15-11-12-17(16)14-15/h11-12,15-17H,2-10,13-14H2,1H3/t15-,16-,17-/m0/s1. The molecule has 0 nitrogen and oxygen atoms in total. The van der Waals surface area contributed by atoms with Crippen molar-refractivity contribution in [1.29, 1.82) is 0 Å². The van der Waals surface area contributed by atoms with Crippen molar-refractivity contribution in [2.24, 2.45) is 17.8 Å². The van der Waals surface area contributed by atoms with Crippen LogP contribution in [0.2, 0.25) is 0 Å². The van der Waals surface area contributed by atoms with Crippen LogP contribution in [0, 0.1) is 17.8 Å². The Bertz CT molecular complexity index is 228. The summed E-state index contributed by atoms with van der Waals surface area (Å²) in [4.78, 5) is 0. The van der Waals surface area contributed by atoms with Gasteiger partial charge < -0.3 is 0 Å². The molecular formula is C17H30. The zero-order valence-electron chi connectivity index (χ0n) is 11.7. The molecule has 0 aliphatic heterocycles. The number of fused-ring (bicyclic) bond motifs is 2. The summed E-state index contributed by atoms with van der Waals surface area (Å²) >= 11 is 0. The van der Waals surface area contributed by atoms with Crippen molar-refractivity contribution >= 4 is 0 Å². The lowest BCUT2D eigenvalue weighted by Crippen LogP contribution is -2.06. The van der Waals surface area contributed by atoms with Crippen LogP contribution in [0.1, 0.15) is 77.6 Å². The van der Waals surface area contributed by atoms with Crippen LogP contribution in [-0.4, -0.2) is 0 Å². The molecule has 0 heteroatoms. The number of unbranched alkanes of at least 4 members (excludes halogenated alkanes) is 7.